The van der Waals surface area contributed by atoms with Crippen LogP contribution in [0.25, 0.3) is 0 Å². The van der Waals surface area contributed by atoms with Crippen molar-refractivity contribution >= 4 is 0 Å². The molecule has 0 fully saturated rings. The van der Waals surface area contributed by atoms with Crippen molar-refractivity contribution in [1.29, 1.82) is 0 Å². The SMILES string of the molecule is CN(CCc1ccncc1)[C@@H]1C=CCCC1. The van der Waals surface area contributed by atoms with Gasteiger partial charge in [-0.1, -0.05) is 12.2 Å². The lowest BCUT2D eigenvalue weighted by atomic mass is 10.0. The fraction of sp³-hybridized carbons (Fsp3) is 0.500. The van der Waals surface area contributed by atoms with Crippen LogP contribution in [0.4, 0.5) is 0 Å². The fourth-order valence-electron chi connectivity index (χ4n) is 2.18. The van der Waals surface area contributed by atoms with Crippen LogP contribution < -0.4 is 0 Å². The number of likely N-dealkylation sites (N-methyl/N-ethyl adjacent to an activating group) is 1. The summed E-state index contributed by atoms with van der Waals surface area (Å²) in [5.74, 6) is 0. The van der Waals surface area contributed by atoms with Gasteiger partial charge in [0.1, 0.15) is 0 Å². The Labute approximate surface area is 98.0 Å². The third-order valence-electron chi connectivity index (χ3n) is 3.30. The van der Waals surface area contributed by atoms with Gasteiger partial charge in [0.05, 0.1) is 0 Å². The van der Waals surface area contributed by atoms with Crippen molar-refractivity contribution in [3.63, 3.8) is 0 Å². The van der Waals surface area contributed by atoms with Gasteiger partial charge in [-0.05, 0) is 50.4 Å². The van der Waals surface area contributed by atoms with Crippen molar-refractivity contribution in [1.82, 2.24) is 9.88 Å². The van der Waals surface area contributed by atoms with Crippen molar-refractivity contribution < 1.29 is 0 Å². The predicted octanol–water partition coefficient (Wildman–Crippen LogP) is 2.66. The van der Waals surface area contributed by atoms with E-state index in [1.807, 2.05) is 12.4 Å². The molecule has 2 nitrogen and oxygen atoms in total. The first-order chi connectivity index (χ1) is 7.86. The predicted molar refractivity (Wildman–Crippen MR) is 67.4 cm³/mol. The van der Waals surface area contributed by atoms with Gasteiger partial charge in [0.15, 0.2) is 0 Å². The van der Waals surface area contributed by atoms with Crippen LogP contribution in [0.3, 0.4) is 0 Å². The summed E-state index contributed by atoms with van der Waals surface area (Å²) in [4.78, 5) is 6.49. The summed E-state index contributed by atoms with van der Waals surface area (Å²) in [6.45, 7) is 1.12. The van der Waals surface area contributed by atoms with E-state index in [1.165, 1.54) is 24.8 Å². The molecule has 2 heteroatoms. The van der Waals surface area contributed by atoms with E-state index in [0.717, 1.165) is 13.0 Å². The van der Waals surface area contributed by atoms with Crippen molar-refractivity contribution in [2.75, 3.05) is 13.6 Å². The number of pyridine rings is 1. The van der Waals surface area contributed by atoms with E-state index in [2.05, 4.69) is 41.2 Å². The highest BCUT2D eigenvalue weighted by molar-refractivity contribution is 5.10. The Bertz CT molecular complexity index is 332. The van der Waals surface area contributed by atoms with Gasteiger partial charge >= 0.3 is 0 Å². The highest BCUT2D eigenvalue weighted by Gasteiger charge is 2.13. The number of aromatic nitrogens is 1. The fourth-order valence-corrected chi connectivity index (χ4v) is 2.18. The van der Waals surface area contributed by atoms with E-state index < -0.39 is 0 Å². The minimum Gasteiger partial charge on any atom is -0.300 e. The molecule has 0 radical (unpaired) electrons. The molecule has 0 amide bonds. The standard InChI is InChI=1S/C14H20N2/c1-16(14-5-3-2-4-6-14)12-9-13-7-10-15-11-8-13/h3,5,7-8,10-11,14H,2,4,6,9,12H2,1H3/t14-/m1/s1. The average molecular weight is 216 g/mol. The Hall–Kier alpha value is -1.15. The van der Waals surface area contributed by atoms with Crippen LogP contribution in [0, 0.1) is 0 Å². The van der Waals surface area contributed by atoms with E-state index in [-0.39, 0.29) is 0 Å². The van der Waals surface area contributed by atoms with Crippen molar-refractivity contribution in [2.45, 2.75) is 31.7 Å². The number of hydrogen-bond donors (Lipinski definition) is 0. The van der Waals surface area contributed by atoms with Crippen LogP contribution in [0.5, 0.6) is 0 Å². The molecule has 0 unspecified atom stereocenters. The normalized spacial score (nSPS) is 20.2. The quantitative estimate of drug-likeness (QED) is 0.719. The number of rotatable bonds is 4. The molecule has 86 valence electrons. The lowest BCUT2D eigenvalue weighted by Gasteiger charge is -2.27. The molecule has 0 N–H and O–H groups in total. The van der Waals surface area contributed by atoms with Gasteiger partial charge < -0.3 is 0 Å². The van der Waals surface area contributed by atoms with Gasteiger partial charge in [-0.15, -0.1) is 0 Å². The average Bonchev–Trinajstić information content (AvgIpc) is 2.38. The molecule has 1 atom stereocenters. The topological polar surface area (TPSA) is 16.1 Å². The number of allylic oxidation sites excluding steroid dienone is 1. The monoisotopic (exact) mass is 216 g/mol. The summed E-state index contributed by atoms with van der Waals surface area (Å²) in [5, 5.41) is 0. The summed E-state index contributed by atoms with van der Waals surface area (Å²) in [5.41, 5.74) is 1.38. The molecule has 2 rings (SSSR count). The molecular weight excluding hydrogens is 196 g/mol. The third kappa shape index (κ3) is 3.17. The Morgan fingerprint density at radius 2 is 2.19 bits per heavy atom. The van der Waals surface area contributed by atoms with Gasteiger partial charge in [-0.3, -0.25) is 9.88 Å². The van der Waals surface area contributed by atoms with Gasteiger partial charge in [0.25, 0.3) is 0 Å². The molecule has 0 saturated heterocycles. The molecule has 0 aliphatic heterocycles. The zero-order valence-corrected chi connectivity index (χ0v) is 9.97. The van der Waals surface area contributed by atoms with E-state index in [0.29, 0.717) is 6.04 Å². The smallest absolute Gasteiger partial charge is 0.0275 e. The minimum atomic E-state index is 0.649. The molecule has 1 aliphatic carbocycles. The maximum absolute atomic E-state index is 4.04. The maximum atomic E-state index is 4.04. The summed E-state index contributed by atoms with van der Waals surface area (Å²) in [7, 11) is 2.22. The highest BCUT2D eigenvalue weighted by Crippen LogP contribution is 2.15. The first-order valence-electron chi connectivity index (χ1n) is 6.12. The van der Waals surface area contributed by atoms with E-state index >= 15 is 0 Å². The highest BCUT2D eigenvalue weighted by atomic mass is 15.1. The van der Waals surface area contributed by atoms with Crippen molar-refractivity contribution in [2.24, 2.45) is 0 Å². The van der Waals surface area contributed by atoms with Crippen molar-refractivity contribution in [3.8, 4) is 0 Å². The molecule has 1 aromatic heterocycles. The molecule has 1 aliphatic rings. The van der Waals surface area contributed by atoms with Crippen LogP contribution in [0.1, 0.15) is 24.8 Å². The van der Waals surface area contributed by atoms with E-state index in [9.17, 15) is 0 Å². The summed E-state index contributed by atoms with van der Waals surface area (Å²) in [6, 6.07) is 4.85. The molecule has 0 aromatic carbocycles. The first kappa shape index (κ1) is 11.3. The zero-order valence-electron chi connectivity index (χ0n) is 9.97. The molecule has 16 heavy (non-hydrogen) atoms. The zero-order chi connectivity index (χ0) is 11.2. The Morgan fingerprint density at radius 3 is 2.88 bits per heavy atom. The molecule has 1 aromatic rings. The van der Waals surface area contributed by atoms with Crippen molar-refractivity contribution in [3.05, 3.63) is 42.2 Å². The molecule has 1 heterocycles. The first-order valence-corrected chi connectivity index (χ1v) is 6.12. The van der Waals surface area contributed by atoms with Crippen LogP contribution in [0.2, 0.25) is 0 Å². The maximum Gasteiger partial charge on any atom is 0.0275 e. The number of hydrogen-bond acceptors (Lipinski definition) is 2. The largest absolute Gasteiger partial charge is 0.300 e. The molecule has 0 bridgehead atoms. The van der Waals surface area contributed by atoms with E-state index in [4.69, 9.17) is 0 Å². The second kappa shape index (κ2) is 5.80. The van der Waals surface area contributed by atoms with Crippen LogP contribution in [-0.4, -0.2) is 29.5 Å². The minimum absolute atomic E-state index is 0.649. The second-order valence-corrected chi connectivity index (χ2v) is 4.51. The number of nitrogens with zero attached hydrogens (tertiary/aromatic N) is 2. The summed E-state index contributed by atoms with van der Waals surface area (Å²) < 4.78 is 0. The van der Waals surface area contributed by atoms with Crippen LogP contribution in [-0.2, 0) is 6.42 Å². The van der Waals surface area contributed by atoms with Crippen LogP contribution >= 0.6 is 0 Å². The Kier molecular flexibility index (Phi) is 4.11. The van der Waals surface area contributed by atoms with Gasteiger partial charge in [-0.2, -0.15) is 0 Å². The molecular formula is C14H20N2. The van der Waals surface area contributed by atoms with E-state index in [1.54, 1.807) is 0 Å². The third-order valence-corrected chi connectivity index (χ3v) is 3.30. The van der Waals surface area contributed by atoms with Gasteiger partial charge in [0.2, 0.25) is 0 Å². The van der Waals surface area contributed by atoms with Gasteiger partial charge in [0, 0.05) is 25.0 Å². The second-order valence-electron chi connectivity index (χ2n) is 4.51. The summed E-state index contributed by atoms with van der Waals surface area (Å²) >= 11 is 0. The molecule has 0 saturated carbocycles. The Balaban J connectivity index is 1.81. The molecule has 0 spiro atoms. The Morgan fingerprint density at radius 1 is 1.38 bits per heavy atom. The summed E-state index contributed by atoms with van der Waals surface area (Å²) in [6.07, 6.45) is 13.4. The lowest BCUT2D eigenvalue weighted by Crippen LogP contribution is -2.32. The lowest BCUT2D eigenvalue weighted by molar-refractivity contribution is 0.265. The van der Waals surface area contributed by atoms with Crippen LogP contribution in [0.15, 0.2) is 36.7 Å². The van der Waals surface area contributed by atoms with Gasteiger partial charge in [-0.25, -0.2) is 0 Å².